The van der Waals surface area contributed by atoms with Crippen molar-refractivity contribution in [3.05, 3.63) is 28.8 Å². The van der Waals surface area contributed by atoms with Gasteiger partial charge in [-0.15, -0.1) is 0 Å². The molecule has 0 unspecified atom stereocenters. The molecule has 0 atom stereocenters. The highest BCUT2D eigenvalue weighted by atomic mass is 16.3. The van der Waals surface area contributed by atoms with Crippen LogP contribution >= 0.6 is 0 Å². The molecule has 0 spiro atoms. The number of nitrogens with zero attached hydrogens (tertiary/aromatic N) is 1. The summed E-state index contributed by atoms with van der Waals surface area (Å²) in [6.45, 7) is 3.53. The number of phenols is 1. The van der Waals surface area contributed by atoms with E-state index in [0.29, 0.717) is 5.56 Å². The molecule has 0 aromatic heterocycles. The second-order valence-corrected chi connectivity index (χ2v) is 3.24. The van der Waals surface area contributed by atoms with Crippen molar-refractivity contribution < 1.29 is 9.90 Å². The number of amides is 1. The number of hydrogen-bond acceptors (Lipinski definition) is 3. The normalized spacial score (nSPS) is 9.40. The van der Waals surface area contributed by atoms with Gasteiger partial charge >= 0.3 is 0 Å². The Morgan fingerprint density at radius 3 is 2.80 bits per heavy atom. The molecule has 1 aromatic carbocycles. The second kappa shape index (κ2) is 4.47. The number of aryl methyl sites for hydroxylation is 1. The average Bonchev–Trinajstić information content (AvgIpc) is 2.23. The van der Waals surface area contributed by atoms with Crippen molar-refractivity contribution in [2.24, 2.45) is 0 Å². The van der Waals surface area contributed by atoms with Crippen molar-refractivity contribution in [3.8, 4) is 11.8 Å². The van der Waals surface area contributed by atoms with Crippen molar-refractivity contribution in [1.29, 1.82) is 5.26 Å². The van der Waals surface area contributed by atoms with Crippen LogP contribution in [0.2, 0.25) is 0 Å². The zero-order valence-electron chi connectivity index (χ0n) is 8.66. The first-order valence-corrected chi connectivity index (χ1v) is 4.52. The van der Waals surface area contributed by atoms with Crippen molar-refractivity contribution in [2.75, 3.05) is 6.54 Å². The molecule has 0 saturated heterocycles. The van der Waals surface area contributed by atoms with E-state index in [1.807, 2.05) is 6.92 Å². The van der Waals surface area contributed by atoms with E-state index in [0.717, 1.165) is 5.56 Å². The van der Waals surface area contributed by atoms with Gasteiger partial charge in [-0.2, -0.15) is 5.26 Å². The first-order chi connectivity index (χ1) is 7.07. The monoisotopic (exact) mass is 204 g/mol. The van der Waals surface area contributed by atoms with Crippen LogP contribution in [0, 0.1) is 25.2 Å². The van der Waals surface area contributed by atoms with Crippen molar-refractivity contribution in [1.82, 2.24) is 5.32 Å². The van der Waals surface area contributed by atoms with Gasteiger partial charge in [-0.25, -0.2) is 0 Å². The van der Waals surface area contributed by atoms with Gasteiger partial charge < -0.3 is 10.4 Å². The lowest BCUT2D eigenvalue weighted by molar-refractivity contribution is 0.0955. The highest BCUT2D eigenvalue weighted by molar-refractivity contribution is 5.97. The van der Waals surface area contributed by atoms with Gasteiger partial charge in [0, 0.05) is 0 Å². The smallest absolute Gasteiger partial charge is 0.255 e. The molecule has 2 N–H and O–H groups in total. The summed E-state index contributed by atoms with van der Waals surface area (Å²) in [7, 11) is 0. The number of carbonyl (C=O) groups excluding carboxylic acids is 1. The number of benzene rings is 1. The molecule has 0 aliphatic heterocycles. The van der Waals surface area contributed by atoms with E-state index in [2.05, 4.69) is 5.32 Å². The Bertz CT molecular complexity index is 433. The quantitative estimate of drug-likeness (QED) is 0.712. The van der Waals surface area contributed by atoms with Gasteiger partial charge in [0.15, 0.2) is 0 Å². The van der Waals surface area contributed by atoms with E-state index in [9.17, 15) is 9.90 Å². The number of nitrogens with one attached hydrogen (secondary N) is 1. The van der Waals surface area contributed by atoms with E-state index >= 15 is 0 Å². The van der Waals surface area contributed by atoms with E-state index in [1.165, 1.54) is 0 Å². The molecule has 1 aromatic rings. The lowest BCUT2D eigenvalue weighted by Gasteiger charge is -2.08. The molecule has 0 aliphatic carbocycles. The maximum absolute atomic E-state index is 11.5. The summed E-state index contributed by atoms with van der Waals surface area (Å²) >= 11 is 0. The molecular weight excluding hydrogens is 192 g/mol. The third-order valence-electron chi connectivity index (χ3n) is 2.27. The van der Waals surface area contributed by atoms with E-state index in [-0.39, 0.29) is 17.9 Å². The minimum atomic E-state index is -0.433. The van der Waals surface area contributed by atoms with Gasteiger partial charge in [-0.3, -0.25) is 4.79 Å². The van der Waals surface area contributed by atoms with Crippen LogP contribution in [-0.4, -0.2) is 17.6 Å². The molecule has 1 amide bonds. The third-order valence-corrected chi connectivity index (χ3v) is 2.27. The standard InChI is InChI=1S/C11H12N2O2/c1-7-3-4-9(10(14)8(7)2)11(15)13-6-5-12/h3-4,14H,6H2,1-2H3,(H,13,15). The molecule has 0 aliphatic rings. The van der Waals surface area contributed by atoms with Crippen molar-refractivity contribution >= 4 is 5.91 Å². The SMILES string of the molecule is Cc1ccc(C(=O)NCC#N)c(O)c1C. The van der Waals surface area contributed by atoms with Gasteiger partial charge in [0.2, 0.25) is 0 Å². The van der Waals surface area contributed by atoms with E-state index < -0.39 is 5.91 Å². The summed E-state index contributed by atoms with van der Waals surface area (Å²) < 4.78 is 0. The summed E-state index contributed by atoms with van der Waals surface area (Å²) in [6, 6.07) is 5.11. The maximum Gasteiger partial charge on any atom is 0.255 e. The van der Waals surface area contributed by atoms with E-state index in [1.54, 1.807) is 25.1 Å². The van der Waals surface area contributed by atoms with Gasteiger partial charge in [0.05, 0.1) is 11.6 Å². The Hall–Kier alpha value is -2.02. The molecule has 0 radical (unpaired) electrons. The summed E-state index contributed by atoms with van der Waals surface area (Å²) in [5, 5.41) is 20.4. The third kappa shape index (κ3) is 2.26. The molecule has 15 heavy (non-hydrogen) atoms. The largest absolute Gasteiger partial charge is 0.507 e. The van der Waals surface area contributed by atoms with Crippen LogP contribution in [0.25, 0.3) is 0 Å². The van der Waals surface area contributed by atoms with Gasteiger partial charge in [-0.1, -0.05) is 6.07 Å². The fraction of sp³-hybridized carbons (Fsp3) is 0.273. The molecule has 0 saturated carbocycles. The van der Waals surface area contributed by atoms with Crippen LogP contribution in [0.5, 0.6) is 5.75 Å². The van der Waals surface area contributed by atoms with Crippen LogP contribution in [0.1, 0.15) is 21.5 Å². The minimum absolute atomic E-state index is 0.0227. The predicted molar refractivity (Wildman–Crippen MR) is 55.5 cm³/mol. The zero-order chi connectivity index (χ0) is 11.4. The summed E-state index contributed by atoms with van der Waals surface area (Å²) in [4.78, 5) is 11.5. The Kier molecular flexibility index (Phi) is 3.29. The number of aromatic hydroxyl groups is 1. The first kappa shape index (κ1) is 11.1. The summed E-state index contributed by atoms with van der Waals surface area (Å²) in [5.74, 6) is -0.456. The van der Waals surface area contributed by atoms with Crippen LogP contribution in [0.3, 0.4) is 0 Å². The Morgan fingerprint density at radius 2 is 2.20 bits per heavy atom. The Morgan fingerprint density at radius 1 is 1.53 bits per heavy atom. The molecule has 1 rings (SSSR count). The van der Waals surface area contributed by atoms with Crippen LogP contribution in [0.4, 0.5) is 0 Å². The van der Waals surface area contributed by atoms with Gasteiger partial charge in [0.25, 0.3) is 5.91 Å². The molecule has 4 heteroatoms. The molecule has 78 valence electrons. The fourth-order valence-corrected chi connectivity index (χ4v) is 1.20. The molecular formula is C11H12N2O2. The van der Waals surface area contributed by atoms with Gasteiger partial charge in [0.1, 0.15) is 12.3 Å². The number of nitriles is 1. The average molecular weight is 204 g/mol. The summed E-state index contributed by atoms with van der Waals surface area (Å²) in [5.41, 5.74) is 1.80. The lowest BCUT2D eigenvalue weighted by Crippen LogP contribution is -2.23. The van der Waals surface area contributed by atoms with Crippen LogP contribution < -0.4 is 5.32 Å². The Balaban J connectivity index is 3.01. The van der Waals surface area contributed by atoms with Gasteiger partial charge in [-0.05, 0) is 31.0 Å². The highest BCUT2D eigenvalue weighted by Crippen LogP contribution is 2.24. The topological polar surface area (TPSA) is 73.1 Å². The van der Waals surface area contributed by atoms with Crippen molar-refractivity contribution in [2.45, 2.75) is 13.8 Å². The molecule has 4 nitrogen and oxygen atoms in total. The fourth-order valence-electron chi connectivity index (χ4n) is 1.20. The molecule has 0 fully saturated rings. The number of phenolic OH excluding ortho intramolecular Hbond substituents is 1. The first-order valence-electron chi connectivity index (χ1n) is 4.52. The lowest BCUT2D eigenvalue weighted by atomic mass is 10.0. The number of hydrogen-bond donors (Lipinski definition) is 2. The van der Waals surface area contributed by atoms with Crippen molar-refractivity contribution in [3.63, 3.8) is 0 Å². The minimum Gasteiger partial charge on any atom is -0.507 e. The highest BCUT2D eigenvalue weighted by Gasteiger charge is 2.13. The zero-order valence-corrected chi connectivity index (χ0v) is 8.66. The predicted octanol–water partition coefficient (Wildman–Crippen LogP) is 1.26. The number of rotatable bonds is 2. The Labute approximate surface area is 88.2 Å². The van der Waals surface area contributed by atoms with Crippen LogP contribution in [-0.2, 0) is 0 Å². The molecule has 0 bridgehead atoms. The van der Waals surface area contributed by atoms with Crippen LogP contribution in [0.15, 0.2) is 12.1 Å². The van der Waals surface area contributed by atoms with E-state index in [4.69, 9.17) is 5.26 Å². The number of carbonyl (C=O) groups is 1. The second-order valence-electron chi connectivity index (χ2n) is 3.24. The maximum atomic E-state index is 11.5. The summed E-state index contributed by atoms with van der Waals surface area (Å²) in [6.07, 6.45) is 0. The molecule has 0 heterocycles.